The fourth-order valence-electron chi connectivity index (χ4n) is 1.47. The van der Waals surface area contributed by atoms with Gasteiger partial charge < -0.3 is 10.4 Å². The molecule has 0 spiro atoms. The lowest BCUT2D eigenvalue weighted by molar-refractivity contribution is -0.384. The van der Waals surface area contributed by atoms with Crippen molar-refractivity contribution in [3.63, 3.8) is 0 Å². The van der Waals surface area contributed by atoms with Crippen molar-refractivity contribution >= 4 is 27.3 Å². The van der Waals surface area contributed by atoms with E-state index in [1.807, 2.05) is 6.92 Å². The second-order valence-electron chi connectivity index (χ2n) is 3.74. The molecule has 2 N–H and O–H groups in total. The van der Waals surface area contributed by atoms with Crippen molar-refractivity contribution in [2.75, 3.05) is 11.9 Å². The smallest absolute Gasteiger partial charge is 0.292 e. The molecule has 0 aromatic heterocycles. The fourth-order valence-corrected chi connectivity index (χ4v) is 1.83. The van der Waals surface area contributed by atoms with Crippen molar-refractivity contribution in [3.8, 4) is 0 Å². The number of aliphatic hydroxyl groups is 1. The monoisotopic (exact) mass is 302 g/mol. The minimum Gasteiger partial charge on any atom is -0.391 e. The zero-order valence-electron chi connectivity index (χ0n) is 9.52. The van der Waals surface area contributed by atoms with Gasteiger partial charge in [-0.15, -0.1) is 0 Å². The summed E-state index contributed by atoms with van der Waals surface area (Å²) in [5.74, 6) is 0. The van der Waals surface area contributed by atoms with Crippen LogP contribution < -0.4 is 5.32 Å². The van der Waals surface area contributed by atoms with Gasteiger partial charge in [0, 0.05) is 17.1 Å². The van der Waals surface area contributed by atoms with Crippen LogP contribution >= 0.6 is 15.9 Å². The largest absolute Gasteiger partial charge is 0.391 e. The number of rotatable bonds is 6. The van der Waals surface area contributed by atoms with Crippen LogP contribution in [0.3, 0.4) is 0 Å². The average Bonchev–Trinajstić information content (AvgIpc) is 2.26. The first-order valence-corrected chi connectivity index (χ1v) is 6.19. The number of aliphatic hydroxyl groups excluding tert-OH is 1. The Balaban J connectivity index is 2.75. The second kappa shape index (κ2) is 6.56. The molecule has 0 bridgehead atoms. The Bertz CT molecular complexity index is 398. The summed E-state index contributed by atoms with van der Waals surface area (Å²) in [5.41, 5.74) is 0.427. The maximum atomic E-state index is 10.8. The summed E-state index contributed by atoms with van der Waals surface area (Å²) in [4.78, 5) is 10.3. The lowest BCUT2D eigenvalue weighted by Crippen LogP contribution is -2.19. The highest BCUT2D eigenvalue weighted by Gasteiger charge is 2.14. The van der Waals surface area contributed by atoms with E-state index >= 15 is 0 Å². The zero-order chi connectivity index (χ0) is 12.8. The fraction of sp³-hybridized carbons (Fsp3) is 0.455. The molecule has 1 aromatic rings. The average molecular weight is 303 g/mol. The summed E-state index contributed by atoms with van der Waals surface area (Å²) in [6, 6.07) is 4.68. The molecule has 0 aliphatic rings. The summed E-state index contributed by atoms with van der Waals surface area (Å²) in [6.45, 7) is 2.29. The van der Waals surface area contributed by atoms with Gasteiger partial charge in [-0.1, -0.05) is 29.3 Å². The molecule has 0 heterocycles. The molecule has 1 aromatic carbocycles. The maximum Gasteiger partial charge on any atom is 0.292 e. The van der Waals surface area contributed by atoms with E-state index in [1.165, 1.54) is 6.07 Å². The van der Waals surface area contributed by atoms with Crippen LogP contribution in [0.5, 0.6) is 0 Å². The molecule has 0 fully saturated rings. The predicted molar refractivity (Wildman–Crippen MR) is 70.2 cm³/mol. The van der Waals surface area contributed by atoms with Crippen LogP contribution in [0.25, 0.3) is 0 Å². The van der Waals surface area contributed by atoms with Gasteiger partial charge in [0.25, 0.3) is 5.69 Å². The standard InChI is InChI=1S/C11H15BrN2O3/c1-2-3-9(15)7-13-10-6-8(12)4-5-11(10)14(16)17/h4-6,9,13,15H,2-3,7H2,1H3. The number of hydrogen-bond acceptors (Lipinski definition) is 4. The number of nitrogens with zero attached hydrogens (tertiary/aromatic N) is 1. The van der Waals surface area contributed by atoms with Crippen molar-refractivity contribution in [1.82, 2.24) is 0 Å². The molecule has 5 nitrogen and oxygen atoms in total. The molecule has 0 aliphatic heterocycles. The summed E-state index contributed by atoms with van der Waals surface area (Å²) in [7, 11) is 0. The van der Waals surface area contributed by atoms with Gasteiger partial charge in [-0.3, -0.25) is 10.1 Å². The van der Waals surface area contributed by atoms with Gasteiger partial charge in [0.2, 0.25) is 0 Å². The van der Waals surface area contributed by atoms with Crippen molar-refractivity contribution < 1.29 is 10.0 Å². The van der Waals surface area contributed by atoms with Crippen LogP contribution in [-0.2, 0) is 0 Å². The number of hydrogen-bond donors (Lipinski definition) is 2. The molecule has 0 aliphatic carbocycles. The lowest BCUT2D eigenvalue weighted by atomic mass is 10.2. The van der Waals surface area contributed by atoms with Gasteiger partial charge in [0.05, 0.1) is 11.0 Å². The summed E-state index contributed by atoms with van der Waals surface area (Å²) in [5, 5.41) is 23.3. The van der Waals surface area contributed by atoms with Crippen LogP contribution in [0.2, 0.25) is 0 Å². The molecule has 1 rings (SSSR count). The van der Waals surface area contributed by atoms with E-state index in [0.29, 0.717) is 18.7 Å². The first-order valence-electron chi connectivity index (χ1n) is 5.40. The summed E-state index contributed by atoms with van der Waals surface area (Å²) >= 11 is 3.26. The Morgan fingerprint density at radius 3 is 2.88 bits per heavy atom. The Hall–Kier alpha value is -1.14. The minimum absolute atomic E-state index is 0.0110. The molecule has 0 amide bonds. The molecule has 0 saturated heterocycles. The van der Waals surface area contributed by atoms with E-state index in [0.717, 1.165) is 10.9 Å². The van der Waals surface area contributed by atoms with Crippen LogP contribution in [0.4, 0.5) is 11.4 Å². The number of anilines is 1. The van der Waals surface area contributed by atoms with Crippen molar-refractivity contribution in [1.29, 1.82) is 0 Å². The van der Waals surface area contributed by atoms with Gasteiger partial charge in [-0.2, -0.15) is 0 Å². The number of nitro groups is 1. The van der Waals surface area contributed by atoms with Gasteiger partial charge in [-0.05, 0) is 18.6 Å². The van der Waals surface area contributed by atoms with Crippen LogP contribution in [0, 0.1) is 10.1 Å². The van der Waals surface area contributed by atoms with Gasteiger partial charge in [-0.25, -0.2) is 0 Å². The molecule has 1 atom stereocenters. The Kier molecular flexibility index (Phi) is 5.37. The number of benzene rings is 1. The summed E-state index contributed by atoms with van der Waals surface area (Å²) in [6.07, 6.45) is 1.07. The Labute approximate surface area is 108 Å². The number of halogens is 1. The van der Waals surface area contributed by atoms with Crippen molar-refractivity contribution in [2.45, 2.75) is 25.9 Å². The molecule has 94 valence electrons. The molecule has 0 radical (unpaired) electrons. The molecule has 17 heavy (non-hydrogen) atoms. The van der Waals surface area contributed by atoms with E-state index in [9.17, 15) is 15.2 Å². The first kappa shape index (κ1) is 13.9. The van der Waals surface area contributed by atoms with E-state index < -0.39 is 11.0 Å². The van der Waals surface area contributed by atoms with E-state index in [-0.39, 0.29) is 5.69 Å². The van der Waals surface area contributed by atoms with Crippen LogP contribution in [-0.4, -0.2) is 22.7 Å². The third-order valence-corrected chi connectivity index (χ3v) is 2.80. The summed E-state index contributed by atoms with van der Waals surface area (Å²) < 4.78 is 0.760. The predicted octanol–water partition coefficient (Wildman–Crippen LogP) is 2.93. The molecule has 0 saturated carbocycles. The third kappa shape index (κ3) is 4.32. The van der Waals surface area contributed by atoms with Crippen LogP contribution in [0.15, 0.2) is 22.7 Å². The van der Waals surface area contributed by atoms with Gasteiger partial charge in [0.1, 0.15) is 5.69 Å². The highest BCUT2D eigenvalue weighted by molar-refractivity contribution is 9.10. The maximum absolute atomic E-state index is 10.8. The topological polar surface area (TPSA) is 75.4 Å². The number of nitro benzene ring substituents is 1. The Morgan fingerprint density at radius 1 is 1.59 bits per heavy atom. The quantitative estimate of drug-likeness (QED) is 0.626. The number of nitrogens with one attached hydrogen (secondary N) is 1. The zero-order valence-corrected chi connectivity index (χ0v) is 11.1. The van der Waals surface area contributed by atoms with Crippen molar-refractivity contribution in [3.05, 3.63) is 32.8 Å². The normalized spacial score (nSPS) is 12.2. The highest BCUT2D eigenvalue weighted by Crippen LogP contribution is 2.27. The lowest BCUT2D eigenvalue weighted by Gasteiger charge is -2.12. The molecule has 6 heteroatoms. The SMILES string of the molecule is CCCC(O)CNc1cc(Br)ccc1[N+](=O)[O-]. The minimum atomic E-state index is -0.487. The van der Waals surface area contributed by atoms with Gasteiger partial charge in [0.15, 0.2) is 0 Å². The van der Waals surface area contributed by atoms with E-state index in [2.05, 4.69) is 21.2 Å². The second-order valence-corrected chi connectivity index (χ2v) is 4.66. The first-order chi connectivity index (χ1) is 8.04. The highest BCUT2D eigenvalue weighted by atomic mass is 79.9. The van der Waals surface area contributed by atoms with Crippen molar-refractivity contribution in [2.24, 2.45) is 0 Å². The van der Waals surface area contributed by atoms with Crippen LogP contribution in [0.1, 0.15) is 19.8 Å². The van der Waals surface area contributed by atoms with Gasteiger partial charge >= 0.3 is 0 Å². The van der Waals surface area contributed by atoms with E-state index in [4.69, 9.17) is 0 Å². The third-order valence-electron chi connectivity index (χ3n) is 2.31. The molecular formula is C11H15BrN2O3. The molecular weight excluding hydrogens is 288 g/mol. The van der Waals surface area contributed by atoms with E-state index in [1.54, 1.807) is 12.1 Å². The Morgan fingerprint density at radius 2 is 2.29 bits per heavy atom. The molecule has 1 unspecified atom stereocenters.